The number of methoxy groups -OCH3 is 1. The van der Waals surface area contributed by atoms with Crippen LogP contribution in [0.4, 0.5) is 0 Å². The number of halogens is 1. The zero-order valence-corrected chi connectivity index (χ0v) is 10.4. The van der Waals surface area contributed by atoms with Crippen molar-refractivity contribution in [2.24, 2.45) is 0 Å². The van der Waals surface area contributed by atoms with Gasteiger partial charge in [0.15, 0.2) is 5.65 Å². The molecule has 0 atom stereocenters. The van der Waals surface area contributed by atoms with Gasteiger partial charge in [0.25, 0.3) is 0 Å². The van der Waals surface area contributed by atoms with Crippen LogP contribution in [0.15, 0.2) is 6.20 Å². The van der Waals surface area contributed by atoms with Crippen molar-refractivity contribution in [3.05, 3.63) is 11.5 Å². The minimum atomic E-state index is -0.162. The van der Waals surface area contributed by atoms with Crippen molar-refractivity contribution in [1.29, 1.82) is 0 Å². The van der Waals surface area contributed by atoms with Crippen molar-refractivity contribution in [3.63, 3.8) is 0 Å². The monoisotopic (exact) mass is 240 g/mol. The van der Waals surface area contributed by atoms with Gasteiger partial charge in [0.2, 0.25) is 11.2 Å². The molecule has 0 unspecified atom stereocenters. The molecule has 2 rings (SSSR count). The smallest absolute Gasteiger partial charge is 0.228 e. The minimum Gasteiger partial charge on any atom is -0.480 e. The predicted octanol–water partition coefficient (Wildman–Crippen LogP) is 2.24. The Kier molecular flexibility index (Phi) is 2.50. The molecule has 0 saturated carbocycles. The molecule has 0 spiro atoms. The van der Waals surface area contributed by atoms with Gasteiger partial charge in [-0.2, -0.15) is 15.1 Å². The first-order valence-electron chi connectivity index (χ1n) is 4.89. The maximum Gasteiger partial charge on any atom is 0.228 e. The van der Waals surface area contributed by atoms with Crippen molar-refractivity contribution in [2.45, 2.75) is 26.3 Å². The van der Waals surface area contributed by atoms with Gasteiger partial charge >= 0.3 is 0 Å². The van der Waals surface area contributed by atoms with E-state index in [0.29, 0.717) is 11.5 Å². The first-order valence-corrected chi connectivity index (χ1v) is 5.27. The summed E-state index contributed by atoms with van der Waals surface area (Å²) in [5, 5.41) is 5.22. The molecule has 2 heterocycles. The van der Waals surface area contributed by atoms with Crippen LogP contribution in [0, 0.1) is 0 Å². The van der Waals surface area contributed by atoms with E-state index >= 15 is 0 Å². The Morgan fingerprint density at radius 1 is 1.31 bits per heavy atom. The molecule has 86 valence electrons. The van der Waals surface area contributed by atoms with Gasteiger partial charge in [-0.15, -0.1) is 0 Å². The van der Waals surface area contributed by atoms with Crippen molar-refractivity contribution < 1.29 is 4.74 Å². The summed E-state index contributed by atoms with van der Waals surface area (Å²) in [4.78, 5) is 8.18. The maximum absolute atomic E-state index is 5.84. The van der Waals surface area contributed by atoms with Gasteiger partial charge in [-0.05, 0) is 32.4 Å². The van der Waals surface area contributed by atoms with E-state index in [1.54, 1.807) is 18.0 Å². The Hall–Kier alpha value is -1.36. The van der Waals surface area contributed by atoms with Gasteiger partial charge in [0, 0.05) is 0 Å². The quantitative estimate of drug-likeness (QED) is 0.718. The summed E-state index contributed by atoms with van der Waals surface area (Å²) in [5.74, 6) is 0.450. The second kappa shape index (κ2) is 3.59. The summed E-state index contributed by atoms with van der Waals surface area (Å²) >= 11 is 5.84. The molecule has 0 bridgehead atoms. The van der Waals surface area contributed by atoms with Gasteiger partial charge in [-0.25, -0.2) is 4.68 Å². The summed E-state index contributed by atoms with van der Waals surface area (Å²) in [6.45, 7) is 6.13. The van der Waals surface area contributed by atoms with Gasteiger partial charge in [0.1, 0.15) is 5.39 Å². The molecule has 0 amide bonds. The fourth-order valence-corrected chi connectivity index (χ4v) is 1.66. The molecule has 0 fully saturated rings. The highest BCUT2D eigenvalue weighted by atomic mass is 35.5. The number of nitrogens with zero attached hydrogens (tertiary/aromatic N) is 4. The molecular weight excluding hydrogens is 228 g/mol. The van der Waals surface area contributed by atoms with E-state index in [1.807, 2.05) is 20.8 Å². The second-order valence-electron chi connectivity index (χ2n) is 4.47. The average Bonchev–Trinajstić information content (AvgIpc) is 2.58. The van der Waals surface area contributed by atoms with Crippen LogP contribution in [-0.2, 0) is 5.54 Å². The topological polar surface area (TPSA) is 52.8 Å². The highest BCUT2D eigenvalue weighted by Gasteiger charge is 2.20. The van der Waals surface area contributed by atoms with E-state index in [1.165, 1.54) is 0 Å². The third-order valence-corrected chi connectivity index (χ3v) is 2.36. The zero-order chi connectivity index (χ0) is 11.9. The Balaban J connectivity index is 2.77. The zero-order valence-electron chi connectivity index (χ0n) is 9.65. The van der Waals surface area contributed by atoms with E-state index in [0.717, 1.165) is 5.39 Å². The van der Waals surface area contributed by atoms with E-state index in [-0.39, 0.29) is 10.8 Å². The molecule has 0 N–H and O–H groups in total. The lowest BCUT2D eigenvalue weighted by Gasteiger charge is -2.19. The Labute approximate surface area is 98.4 Å². The van der Waals surface area contributed by atoms with Gasteiger partial charge in [-0.1, -0.05) is 0 Å². The van der Waals surface area contributed by atoms with Crippen LogP contribution in [-0.4, -0.2) is 26.9 Å². The third-order valence-electron chi connectivity index (χ3n) is 2.19. The van der Waals surface area contributed by atoms with Crippen LogP contribution < -0.4 is 4.74 Å². The van der Waals surface area contributed by atoms with Crippen LogP contribution in [0.2, 0.25) is 5.28 Å². The summed E-state index contributed by atoms with van der Waals surface area (Å²) in [6, 6.07) is 0. The van der Waals surface area contributed by atoms with Crippen LogP contribution in [0.1, 0.15) is 20.8 Å². The van der Waals surface area contributed by atoms with Crippen LogP contribution in [0.5, 0.6) is 5.88 Å². The molecule has 16 heavy (non-hydrogen) atoms. The lowest BCUT2D eigenvalue weighted by molar-refractivity contribution is 0.365. The first-order chi connectivity index (χ1) is 7.43. The molecule has 0 aliphatic carbocycles. The van der Waals surface area contributed by atoms with E-state index in [4.69, 9.17) is 16.3 Å². The highest BCUT2D eigenvalue weighted by molar-refractivity contribution is 6.28. The van der Waals surface area contributed by atoms with Gasteiger partial charge in [0.05, 0.1) is 18.8 Å². The molecule has 0 aliphatic heterocycles. The standard InChI is InChI=1S/C10H13ClN4O/c1-10(2,3)15-7-6(5-12-15)8(16-4)14-9(11)13-7/h5H,1-4H3. The maximum atomic E-state index is 5.84. The summed E-state index contributed by atoms with van der Waals surface area (Å²) in [7, 11) is 1.55. The van der Waals surface area contributed by atoms with E-state index < -0.39 is 0 Å². The second-order valence-corrected chi connectivity index (χ2v) is 4.80. The lowest BCUT2D eigenvalue weighted by Crippen LogP contribution is -2.23. The molecule has 0 saturated heterocycles. The van der Waals surface area contributed by atoms with Crippen molar-refractivity contribution in [1.82, 2.24) is 19.7 Å². The van der Waals surface area contributed by atoms with Crippen LogP contribution in [0.25, 0.3) is 11.0 Å². The number of ether oxygens (including phenoxy) is 1. The Morgan fingerprint density at radius 3 is 2.56 bits per heavy atom. The average molecular weight is 241 g/mol. The van der Waals surface area contributed by atoms with Crippen molar-refractivity contribution >= 4 is 22.6 Å². The number of hydrogen-bond acceptors (Lipinski definition) is 4. The molecule has 0 aliphatic rings. The highest BCUT2D eigenvalue weighted by Crippen LogP contribution is 2.26. The predicted molar refractivity (Wildman–Crippen MR) is 61.9 cm³/mol. The fraction of sp³-hybridized carbons (Fsp3) is 0.500. The van der Waals surface area contributed by atoms with Crippen LogP contribution >= 0.6 is 11.6 Å². The fourth-order valence-electron chi connectivity index (χ4n) is 1.50. The largest absolute Gasteiger partial charge is 0.480 e. The van der Waals surface area contributed by atoms with Crippen molar-refractivity contribution in [2.75, 3.05) is 7.11 Å². The summed E-state index contributed by atoms with van der Waals surface area (Å²) < 4.78 is 6.95. The van der Waals surface area contributed by atoms with Crippen molar-refractivity contribution in [3.8, 4) is 5.88 Å². The normalized spacial score (nSPS) is 12.1. The summed E-state index contributed by atoms with van der Waals surface area (Å²) in [5.41, 5.74) is 0.522. The number of rotatable bonds is 1. The van der Waals surface area contributed by atoms with Gasteiger partial charge in [-0.3, -0.25) is 0 Å². The summed E-state index contributed by atoms with van der Waals surface area (Å²) in [6.07, 6.45) is 1.69. The molecule has 0 aromatic carbocycles. The van der Waals surface area contributed by atoms with Crippen LogP contribution in [0.3, 0.4) is 0 Å². The van der Waals surface area contributed by atoms with Gasteiger partial charge < -0.3 is 4.74 Å². The molecule has 5 nitrogen and oxygen atoms in total. The molecule has 2 aromatic heterocycles. The third kappa shape index (κ3) is 1.71. The first kappa shape index (κ1) is 11.1. The number of hydrogen-bond donors (Lipinski definition) is 0. The lowest BCUT2D eigenvalue weighted by atomic mass is 10.1. The molecule has 0 radical (unpaired) electrons. The Bertz CT molecular complexity index is 529. The van der Waals surface area contributed by atoms with E-state index in [2.05, 4.69) is 15.1 Å². The molecular formula is C10H13ClN4O. The molecule has 6 heteroatoms. The Morgan fingerprint density at radius 2 is 2.00 bits per heavy atom. The minimum absolute atomic E-state index is 0.162. The van der Waals surface area contributed by atoms with E-state index in [9.17, 15) is 0 Å². The number of aromatic nitrogens is 4. The number of fused-ring (bicyclic) bond motifs is 1. The molecule has 2 aromatic rings. The SMILES string of the molecule is COc1nc(Cl)nc2c1cnn2C(C)(C)C.